The lowest BCUT2D eigenvalue weighted by Crippen LogP contribution is -2.55. The summed E-state index contributed by atoms with van der Waals surface area (Å²) in [6.45, 7) is 11.8. The van der Waals surface area contributed by atoms with Gasteiger partial charge in [0.2, 0.25) is 0 Å². The Morgan fingerprint density at radius 3 is 2.38 bits per heavy atom. The van der Waals surface area contributed by atoms with Crippen LogP contribution in [-0.2, 0) is 40.2 Å². The molecule has 2 aliphatic heterocycles. The molecule has 0 bridgehead atoms. The molecular formula is C38H48N2O6SSi. The second-order valence-corrected chi connectivity index (χ2v) is 20.6. The van der Waals surface area contributed by atoms with E-state index in [1.807, 2.05) is 26.0 Å². The van der Waals surface area contributed by atoms with Crippen molar-refractivity contribution >= 4 is 30.1 Å². The number of likely N-dealkylation sites (tertiary alicyclic amines) is 1. The van der Waals surface area contributed by atoms with Crippen LogP contribution in [0.25, 0.3) is 0 Å². The van der Waals surface area contributed by atoms with Crippen LogP contribution in [0.5, 0.6) is 0 Å². The first-order valence-electron chi connectivity index (χ1n) is 16.9. The average molecular weight is 689 g/mol. The SMILES string of the molecule is CC[C@@](COS(=O)(=O)c1ccc(C)cc1)(C[C@H]1CC(C(=O)OC)=C2Nc3ccccc3[C@]23CCN(Cc2ccccc2)[C@H]13)O[Si](C)(C)C. The fourth-order valence-corrected chi connectivity index (χ4v) is 11.0. The number of esters is 1. The molecule has 10 heteroatoms. The molecule has 1 N–H and O–H groups in total. The standard InChI is InChI=1S/C38H48N2O6SSi/c1-7-37(46-48(4,5)6,26-45-47(42,43)30-19-17-27(2)18-20-30)24-29-23-31(36(41)44-3)34-38(32-15-11-12-16-33(32)39-34)21-22-40(35(29)38)25-28-13-9-8-10-14-28/h8-20,29,35,39H,7,21-26H2,1-6H3/t29-,35-,37+,38-/m1/s1. The molecule has 256 valence electrons. The number of aryl methyl sites for hydroxylation is 1. The van der Waals surface area contributed by atoms with Gasteiger partial charge in [-0.3, -0.25) is 9.08 Å². The first kappa shape index (κ1) is 34.6. The van der Waals surface area contributed by atoms with Crippen molar-refractivity contribution in [3.63, 3.8) is 0 Å². The molecule has 8 nitrogen and oxygen atoms in total. The lowest BCUT2D eigenvalue weighted by atomic mass is 9.61. The van der Waals surface area contributed by atoms with E-state index >= 15 is 0 Å². The van der Waals surface area contributed by atoms with Gasteiger partial charge in [-0.15, -0.1) is 0 Å². The number of rotatable bonds is 12. The topological polar surface area (TPSA) is 94.2 Å². The molecule has 3 aliphatic rings. The molecule has 48 heavy (non-hydrogen) atoms. The summed E-state index contributed by atoms with van der Waals surface area (Å²) in [4.78, 5) is 16.3. The molecule has 1 saturated heterocycles. The maximum Gasteiger partial charge on any atom is 0.335 e. The summed E-state index contributed by atoms with van der Waals surface area (Å²) in [5.41, 5.74) is 4.65. The Kier molecular flexibility index (Phi) is 9.51. The van der Waals surface area contributed by atoms with Crippen LogP contribution in [0.15, 0.2) is 95.0 Å². The van der Waals surface area contributed by atoms with Gasteiger partial charge in [-0.2, -0.15) is 8.42 Å². The number of fused-ring (bicyclic) bond motifs is 1. The summed E-state index contributed by atoms with van der Waals surface area (Å²) >= 11 is 0. The molecule has 0 amide bonds. The third kappa shape index (κ3) is 6.53. The molecule has 3 aromatic rings. The quantitative estimate of drug-likeness (QED) is 0.122. The molecule has 2 heterocycles. The van der Waals surface area contributed by atoms with Gasteiger partial charge >= 0.3 is 5.97 Å². The Morgan fingerprint density at radius 1 is 1.02 bits per heavy atom. The number of ether oxygens (including phenoxy) is 1. The van der Waals surface area contributed by atoms with Gasteiger partial charge in [0.15, 0.2) is 8.32 Å². The fraction of sp³-hybridized carbons (Fsp3) is 0.447. The van der Waals surface area contributed by atoms with E-state index in [1.165, 1.54) is 18.2 Å². The Labute approximate surface area is 286 Å². The highest BCUT2D eigenvalue weighted by molar-refractivity contribution is 7.86. The van der Waals surface area contributed by atoms with Crippen molar-refractivity contribution in [1.29, 1.82) is 0 Å². The van der Waals surface area contributed by atoms with Gasteiger partial charge < -0.3 is 14.5 Å². The lowest BCUT2D eigenvalue weighted by molar-refractivity contribution is -0.137. The van der Waals surface area contributed by atoms with E-state index in [9.17, 15) is 13.2 Å². The van der Waals surface area contributed by atoms with E-state index in [0.29, 0.717) is 24.8 Å². The summed E-state index contributed by atoms with van der Waals surface area (Å²) in [5.74, 6) is -0.398. The average Bonchev–Trinajstić information content (AvgIpc) is 3.61. The molecule has 1 aliphatic carbocycles. The second kappa shape index (κ2) is 13.2. The molecule has 6 rings (SSSR count). The van der Waals surface area contributed by atoms with Gasteiger partial charge in [-0.25, -0.2) is 4.79 Å². The third-order valence-electron chi connectivity index (χ3n) is 10.3. The highest BCUT2D eigenvalue weighted by Crippen LogP contribution is 2.60. The zero-order valence-corrected chi connectivity index (χ0v) is 30.7. The molecule has 4 atom stereocenters. The number of nitrogens with zero attached hydrogens (tertiary/aromatic N) is 1. The largest absolute Gasteiger partial charge is 0.466 e. The van der Waals surface area contributed by atoms with Gasteiger partial charge in [-0.05, 0) is 87.5 Å². The predicted molar refractivity (Wildman–Crippen MR) is 191 cm³/mol. The fourth-order valence-electron chi connectivity index (χ4n) is 8.39. The zero-order chi connectivity index (χ0) is 34.3. The molecule has 1 fully saturated rings. The molecule has 0 unspecified atom stereocenters. The number of methoxy groups -OCH3 is 1. The van der Waals surface area contributed by atoms with Gasteiger partial charge in [0.05, 0.1) is 35.2 Å². The number of carbonyl (C=O) groups is 1. The van der Waals surface area contributed by atoms with E-state index in [-0.39, 0.29) is 29.4 Å². The third-order valence-corrected chi connectivity index (χ3v) is 12.6. The minimum absolute atomic E-state index is 0.0159. The Balaban J connectivity index is 1.44. The van der Waals surface area contributed by atoms with Crippen molar-refractivity contribution in [3.8, 4) is 0 Å². The molecule has 0 radical (unpaired) electrons. The van der Waals surface area contributed by atoms with Crippen molar-refractivity contribution < 1.29 is 26.6 Å². The van der Waals surface area contributed by atoms with Crippen LogP contribution in [0.2, 0.25) is 19.6 Å². The molecular weight excluding hydrogens is 641 g/mol. The first-order chi connectivity index (χ1) is 22.8. The van der Waals surface area contributed by atoms with Crippen LogP contribution >= 0.6 is 0 Å². The number of nitrogens with one attached hydrogen (secondary N) is 1. The Morgan fingerprint density at radius 2 is 1.71 bits per heavy atom. The molecule has 0 saturated carbocycles. The molecule has 3 aromatic carbocycles. The number of para-hydroxylation sites is 1. The second-order valence-electron chi connectivity index (χ2n) is 14.6. The zero-order valence-electron chi connectivity index (χ0n) is 28.9. The number of benzene rings is 3. The first-order valence-corrected chi connectivity index (χ1v) is 21.8. The monoisotopic (exact) mass is 688 g/mol. The van der Waals surface area contributed by atoms with Crippen molar-refractivity contribution in [2.24, 2.45) is 5.92 Å². The van der Waals surface area contributed by atoms with Gasteiger partial charge in [0.25, 0.3) is 10.1 Å². The summed E-state index contributed by atoms with van der Waals surface area (Å²) in [6.07, 6.45) is 2.38. The number of anilines is 1. The lowest BCUT2D eigenvalue weighted by Gasteiger charge is -2.49. The van der Waals surface area contributed by atoms with Gasteiger partial charge in [0, 0.05) is 30.5 Å². The maximum absolute atomic E-state index is 13.6. The number of carbonyl (C=O) groups excluding carboxylic acids is 1. The van der Waals surface area contributed by atoms with Crippen molar-refractivity contribution in [3.05, 3.63) is 107 Å². The van der Waals surface area contributed by atoms with Crippen LogP contribution < -0.4 is 5.32 Å². The predicted octanol–water partition coefficient (Wildman–Crippen LogP) is 7.18. The number of hydrogen-bond donors (Lipinski definition) is 1. The van der Waals surface area contributed by atoms with E-state index in [0.717, 1.165) is 36.5 Å². The minimum Gasteiger partial charge on any atom is -0.466 e. The normalized spacial score (nSPS) is 23.5. The van der Waals surface area contributed by atoms with Crippen LogP contribution in [-0.4, -0.2) is 59.5 Å². The highest BCUT2D eigenvalue weighted by Gasteiger charge is 2.62. The minimum atomic E-state index is -4.04. The molecule has 1 spiro atoms. The van der Waals surface area contributed by atoms with Gasteiger partial charge in [-0.1, -0.05) is 73.2 Å². The maximum atomic E-state index is 13.6. The van der Waals surface area contributed by atoms with Crippen molar-refractivity contribution in [1.82, 2.24) is 4.90 Å². The van der Waals surface area contributed by atoms with E-state index in [1.54, 1.807) is 24.3 Å². The van der Waals surface area contributed by atoms with Gasteiger partial charge in [0.1, 0.15) is 0 Å². The molecule has 0 aromatic heterocycles. The van der Waals surface area contributed by atoms with Crippen molar-refractivity contribution in [2.75, 3.05) is 25.6 Å². The summed E-state index contributed by atoms with van der Waals surface area (Å²) < 4.78 is 45.4. The van der Waals surface area contributed by atoms with Crippen LogP contribution in [0.4, 0.5) is 5.69 Å². The summed E-state index contributed by atoms with van der Waals surface area (Å²) in [6, 6.07) is 25.6. The Bertz CT molecular complexity index is 1790. The van der Waals surface area contributed by atoms with Crippen molar-refractivity contribution in [2.45, 2.75) is 87.7 Å². The summed E-state index contributed by atoms with van der Waals surface area (Å²) in [7, 11) is -4.83. The van der Waals surface area contributed by atoms with E-state index < -0.39 is 29.5 Å². The Hall–Kier alpha value is -3.28. The van der Waals surface area contributed by atoms with Crippen LogP contribution in [0.3, 0.4) is 0 Å². The van der Waals surface area contributed by atoms with Crippen LogP contribution in [0.1, 0.15) is 49.3 Å². The van der Waals surface area contributed by atoms with E-state index in [4.69, 9.17) is 13.3 Å². The highest BCUT2D eigenvalue weighted by atomic mass is 32.2. The number of hydrogen-bond acceptors (Lipinski definition) is 8. The van der Waals surface area contributed by atoms with E-state index in [2.05, 4.69) is 72.3 Å². The summed E-state index contributed by atoms with van der Waals surface area (Å²) in [5, 5.41) is 3.67. The smallest absolute Gasteiger partial charge is 0.335 e. The van der Waals surface area contributed by atoms with Crippen LogP contribution in [0, 0.1) is 12.8 Å².